The van der Waals surface area contributed by atoms with Crippen LogP contribution < -0.4 is 5.32 Å². The predicted molar refractivity (Wildman–Crippen MR) is 117 cm³/mol. The van der Waals surface area contributed by atoms with Gasteiger partial charge in [-0.1, -0.05) is 6.07 Å². The van der Waals surface area contributed by atoms with Crippen LogP contribution in [0.3, 0.4) is 0 Å². The van der Waals surface area contributed by atoms with Crippen LogP contribution in [0.5, 0.6) is 5.75 Å². The van der Waals surface area contributed by atoms with Crippen molar-refractivity contribution < 1.29 is 28.2 Å². The average molecular weight is 471 g/mol. The molecule has 0 bridgehead atoms. The molecule has 3 aromatic heterocycles. The number of carboxylic acids is 1. The van der Waals surface area contributed by atoms with Crippen LogP contribution in [-0.2, 0) is 4.79 Å². The summed E-state index contributed by atoms with van der Waals surface area (Å²) in [7, 11) is 0. The zero-order chi connectivity index (χ0) is 24.5. The summed E-state index contributed by atoms with van der Waals surface area (Å²) >= 11 is 0. The number of alkyl halides is 3. The first-order valence-corrected chi connectivity index (χ1v) is 10.3. The Morgan fingerprint density at radius 1 is 1.06 bits per heavy atom. The number of aromatic nitrogens is 4. The van der Waals surface area contributed by atoms with E-state index in [-0.39, 0.29) is 5.75 Å². The summed E-state index contributed by atoms with van der Waals surface area (Å²) in [6.07, 6.45) is -3.15. The number of halogens is 3. The minimum Gasteiger partial charge on any atom is -0.507 e. The van der Waals surface area contributed by atoms with Crippen molar-refractivity contribution in [3.63, 3.8) is 0 Å². The summed E-state index contributed by atoms with van der Waals surface area (Å²) in [6, 6.07) is 15.7. The second-order valence-corrected chi connectivity index (χ2v) is 7.80. The Labute approximate surface area is 191 Å². The van der Waals surface area contributed by atoms with Crippen molar-refractivity contribution in [2.45, 2.75) is 19.0 Å². The molecule has 5 rings (SSSR count). The number of aromatic hydroxyl groups is 1. The van der Waals surface area contributed by atoms with Gasteiger partial charge >= 0.3 is 12.1 Å². The van der Waals surface area contributed by atoms with Crippen molar-refractivity contribution in [1.82, 2.24) is 25.1 Å². The molecule has 4 heterocycles. The number of aliphatic carboxylic acids is 1. The molecule has 176 valence electrons. The van der Waals surface area contributed by atoms with Crippen LogP contribution in [0.4, 0.5) is 13.2 Å². The van der Waals surface area contributed by atoms with E-state index >= 15 is 0 Å². The molecule has 4 aromatic rings. The highest BCUT2D eigenvalue weighted by Gasteiger charge is 2.38. The number of hydrogen-bond donors (Lipinski definition) is 3. The number of phenols is 1. The monoisotopic (exact) mass is 471 g/mol. The van der Waals surface area contributed by atoms with Crippen LogP contribution in [0.25, 0.3) is 27.9 Å². The second-order valence-electron chi connectivity index (χ2n) is 7.80. The molecule has 0 amide bonds. The number of nitrogens with zero attached hydrogens (tertiary/aromatic N) is 4. The quantitative estimate of drug-likeness (QED) is 0.417. The number of phenolic OH excluding ortho intramolecular Hbond substituents is 1. The zero-order valence-electron chi connectivity index (χ0n) is 17.9. The molecule has 0 unspecified atom stereocenters. The lowest BCUT2D eigenvalue weighted by molar-refractivity contribution is -0.192. The van der Waals surface area contributed by atoms with E-state index in [0.29, 0.717) is 17.2 Å². The molecule has 0 radical (unpaired) electrons. The van der Waals surface area contributed by atoms with Crippen molar-refractivity contribution >= 4 is 11.5 Å². The van der Waals surface area contributed by atoms with E-state index < -0.39 is 12.1 Å². The van der Waals surface area contributed by atoms with Gasteiger partial charge in [-0.05, 0) is 60.5 Å². The summed E-state index contributed by atoms with van der Waals surface area (Å²) in [5.74, 6) is -2.11. The molecule has 11 heteroatoms. The summed E-state index contributed by atoms with van der Waals surface area (Å²) in [5.41, 5.74) is 6.34. The number of aryl methyl sites for hydroxylation is 1. The maximum atomic E-state index is 10.6. The molecular formula is C23H20F3N5O3. The highest BCUT2D eigenvalue weighted by molar-refractivity contribution is 5.76. The fraction of sp³-hybridized carbons (Fsp3) is 0.217. The van der Waals surface area contributed by atoms with Gasteiger partial charge < -0.3 is 15.5 Å². The molecule has 0 aliphatic carbocycles. The Bertz CT molecular complexity index is 1330. The van der Waals surface area contributed by atoms with E-state index in [4.69, 9.17) is 9.90 Å². The van der Waals surface area contributed by atoms with E-state index in [1.807, 2.05) is 54.0 Å². The number of carbonyl (C=O) groups is 1. The van der Waals surface area contributed by atoms with Gasteiger partial charge in [0.2, 0.25) is 0 Å². The van der Waals surface area contributed by atoms with Crippen LogP contribution in [0.2, 0.25) is 0 Å². The summed E-state index contributed by atoms with van der Waals surface area (Å²) in [5, 5.41) is 34.0. The van der Waals surface area contributed by atoms with Gasteiger partial charge in [0.25, 0.3) is 0 Å². The van der Waals surface area contributed by atoms with Crippen LogP contribution >= 0.6 is 0 Å². The molecule has 3 N–H and O–H groups in total. The molecule has 1 fully saturated rings. The van der Waals surface area contributed by atoms with Gasteiger partial charge in [-0.25, -0.2) is 9.31 Å². The first-order valence-electron chi connectivity index (χ1n) is 10.3. The van der Waals surface area contributed by atoms with Gasteiger partial charge in [0, 0.05) is 30.8 Å². The molecule has 0 spiro atoms. The Hall–Kier alpha value is -3.99. The summed E-state index contributed by atoms with van der Waals surface area (Å²) in [6.45, 7) is 3.88. The molecule has 0 atom stereocenters. The van der Waals surface area contributed by atoms with Crippen LogP contribution in [0.1, 0.15) is 17.3 Å². The fourth-order valence-electron chi connectivity index (χ4n) is 3.43. The van der Waals surface area contributed by atoms with Gasteiger partial charge in [0.15, 0.2) is 0 Å². The maximum absolute atomic E-state index is 10.6. The maximum Gasteiger partial charge on any atom is 0.490 e. The Morgan fingerprint density at radius 3 is 2.32 bits per heavy atom. The second kappa shape index (κ2) is 9.10. The third kappa shape index (κ3) is 4.99. The minimum atomic E-state index is -5.08. The van der Waals surface area contributed by atoms with E-state index in [9.17, 15) is 18.3 Å². The van der Waals surface area contributed by atoms with Crippen LogP contribution in [0.15, 0.2) is 54.7 Å². The number of rotatable bonds is 3. The summed E-state index contributed by atoms with van der Waals surface area (Å²) in [4.78, 5) is 8.90. The number of benzene rings is 1. The lowest BCUT2D eigenvalue weighted by Gasteiger charge is -2.25. The standard InChI is InChI=1S/C21H19N5O.C2HF3O2/c1-13-8-17-9-15(6-7-26(17)25-13)14-2-3-18(21(27)10-14)20-5-4-19(23-24-20)16-11-22-12-16;3-2(4,5)1(6)7/h2-10,16,22,27H,11-12H2,1H3;(H,6,7). The topological polar surface area (TPSA) is 113 Å². The summed E-state index contributed by atoms with van der Waals surface area (Å²) < 4.78 is 33.6. The SMILES string of the molecule is Cc1cc2cc(-c3ccc(-c4ccc(C5CNC5)nn4)c(O)c3)ccn2n1.O=C(O)C(F)(F)F. The first-order chi connectivity index (χ1) is 16.1. The van der Waals surface area contributed by atoms with Crippen molar-refractivity contribution in [3.8, 4) is 28.1 Å². The molecule has 1 saturated heterocycles. The van der Waals surface area contributed by atoms with Gasteiger partial charge in [0.1, 0.15) is 5.75 Å². The van der Waals surface area contributed by atoms with E-state index in [1.165, 1.54) is 0 Å². The number of hydrogen-bond acceptors (Lipinski definition) is 6. The third-order valence-corrected chi connectivity index (χ3v) is 5.32. The minimum absolute atomic E-state index is 0.199. The first kappa shape index (κ1) is 23.2. The van der Waals surface area contributed by atoms with Gasteiger partial charge in [-0.2, -0.15) is 28.5 Å². The number of nitrogens with one attached hydrogen (secondary N) is 1. The molecule has 34 heavy (non-hydrogen) atoms. The van der Waals surface area contributed by atoms with Crippen LogP contribution in [-0.4, -0.2) is 55.3 Å². The fourth-order valence-corrected chi connectivity index (χ4v) is 3.43. The highest BCUT2D eigenvalue weighted by Crippen LogP contribution is 2.33. The third-order valence-electron chi connectivity index (χ3n) is 5.32. The van der Waals surface area contributed by atoms with Gasteiger partial charge in [-0.15, -0.1) is 0 Å². The number of carboxylic acid groups (broad SMARTS) is 1. The van der Waals surface area contributed by atoms with E-state index in [2.05, 4.69) is 26.7 Å². The predicted octanol–water partition coefficient (Wildman–Crippen LogP) is 3.79. The van der Waals surface area contributed by atoms with Crippen molar-refractivity contribution in [2.24, 2.45) is 0 Å². The molecule has 1 aromatic carbocycles. The number of fused-ring (bicyclic) bond motifs is 1. The van der Waals surface area contributed by atoms with Crippen molar-refractivity contribution in [3.05, 3.63) is 66.1 Å². The van der Waals surface area contributed by atoms with Crippen LogP contribution in [0, 0.1) is 6.92 Å². The molecule has 0 saturated carbocycles. The van der Waals surface area contributed by atoms with E-state index in [0.717, 1.165) is 41.1 Å². The lowest BCUT2D eigenvalue weighted by atomic mass is 9.98. The Kier molecular flexibility index (Phi) is 6.20. The highest BCUT2D eigenvalue weighted by atomic mass is 19.4. The largest absolute Gasteiger partial charge is 0.507 e. The van der Waals surface area contributed by atoms with Gasteiger partial charge in [-0.3, -0.25) is 0 Å². The molecular weight excluding hydrogens is 451 g/mol. The normalized spacial score (nSPS) is 13.8. The van der Waals surface area contributed by atoms with Crippen molar-refractivity contribution in [1.29, 1.82) is 0 Å². The Balaban J connectivity index is 0.000000344. The molecule has 1 aliphatic heterocycles. The lowest BCUT2D eigenvalue weighted by Crippen LogP contribution is -2.40. The Morgan fingerprint density at radius 2 is 1.76 bits per heavy atom. The molecule has 1 aliphatic rings. The smallest absolute Gasteiger partial charge is 0.490 e. The van der Waals surface area contributed by atoms with E-state index in [1.54, 1.807) is 6.07 Å². The zero-order valence-corrected chi connectivity index (χ0v) is 17.9. The van der Waals surface area contributed by atoms with Crippen molar-refractivity contribution in [2.75, 3.05) is 13.1 Å². The number of pyridine rings is 1. The van der Waals surface area contributed by atoms with Gasteiger partial charge in [0.05, 0.1) is 22.6 Å². The molecule has 8 nitrogen and oxygen atoms in total. The average Bonchev–Trinajstić information content (AvgIpc) is 3.12.